The van der Waals surface area contributed by atoms with E-state index in [2.05, 4.69) is 10.6 Å². The molecular weight excluding hydrogens is 434 g/mol. The fourth-order valence-electron chi connectivity index (χ4n) is 3.86. The Morgan fingerprint density at radius 2 is 1.68 bits per heavy atom. The van der Waals surface area contributed by atoms with Gasteiger partial charge in [-0.1, -0.05) is 51.1 Å². The Labute approximate surface area is 200 Å². The molecule has 0 fully saturated rings. The average Bonchev–Trinajstić information content (AvgIpc) is 3.14. The van der Waals surface area contributed by atoms with Crippen molar-refractivity contribution in [1.82, 2.24) is 25.1 Å². The van der Waals surface area contributed by atoms with E-state index in [4.69, 9.17) is 9.72 Å². The second-order valence-electron chi connectivity index (χ2n) is 10.5. The highest BCUT2D eigenvalue weighted by molar-refractivity contribution is 5.98. The standard InChI is InChI=1S/C25H35N5O4/c1-24(2,3)19(22(32)26-7)28-21(31)18-17-15-29(23(33)34-25(4,5)6)13-14-30(17)20(27-18)16-11-9-8-10-12-16/h8-12,19H,13-15H2,1-7H3,(H,26,32)(H,28,31)/t19-/m0/s1. The predicted molar refractivity (Wildman–Crippen MR) is 129 cm³/mol. The van der Waals surface area contributed by atoms with Gasteiger partial charge in [-0.25, -0.2) is 9.78 Å². The normalized spacial score (nSPS) is 14.7. The summed E-state index contributed by atoms with van der Waals surface area (Å²) in [5.74, 6) is -0.0927. The van der Waals surface area contributed by atoms with Crippen LogP contribution in [-0.2, 0) is 22.6 Å². The molecule has 1 aromatic carbocycles. The van der Waals surface area contributed by atoms with Crippen LogP contribution in [0.1, 0.15) is 57.7 Å². The predicted octanol–water partition coefficient (Wildman–Crippen LogP) is 3.19. The third-order valence-electron chi connectivity index (χ3n) is 5.56. The lowest BCUT2D eigenvalue weighted by Crippen LogP contribution is -2.53. The van der Waals surface area contributed by atoms with Gasteiger partial charge in [0.05, 0.1) is 12.2 Å². The van der Waals surface area contributed by atoms with Gasteiger partial charge in [-0.3, -0.25) is 9.59 Å². The highest BCUT2D eigenvalue weighted by Gasteiger charge is 2.36. The summed E-state index contributed by atoms with van der Waals surface area (Å²) < 4.78 is 7.51. The number of nitrogens with zero attached hydrogens (tertiary/aromatic N) is 3. The van der Waals surface area contributed by atoms with Crippen LogP contribution < -0.4 is 10.6 Å². The maximum Gasteiger partial charge on any atom is 0.410 e. The number of imidazole rings is 1. The zero-order valence-electron chi connectivity index (χ0n) is 21.1. The topological polar surface area (TPSA) is 106 Å². The molecule has 3 amide bonds. The number of carbonyl (C=O) groups excluding carboxylic acids is 3. The summed E-state index contributed by atoms with van der Waals surface area (Å²) in [5, 5.41) is 5.48. The van der Waals surface area contributed by atoms with Gasteiger partial charge in [0, 0.05) is 25.7 Å². The fraction of sp³-hybridized carbons (Fsp3) is 0.520. The Balaban J connectivity index is 2.00. The number of aromatic nitrogens is 2. The summed E-state index contributed by atoms with van der Waals surface area (Å²) in [6, 6.07) is 8.84. The van der Waals surface area contributed by atoms with Gasteiger partial charge >= 0.3 is 6.09 Å². The van der Waals surface area contributed by atoms with E-state index in [1.54, 1.807) is 4.90 Å². The van der Waals surface area contributed by atoms with Gasteiger partial charge in [0.25, 0.3) is 5.91 Å². The van der Waals surface area contributed by atoms with E-state index in [9.17, 15) is 14.4 Å². The molecule has 0 unspecified atom stereocenters. The number of fused-ring (bicyclic) bond motifs is 1. The molecule has 2 N–H and O–H groups in total. The largest absolute Gasteiger partial charge is 0.444 e. The number of hydrogen-bond acceptors (Lipinski definition) is 5. The zero-order chi connectivity index (χ0) is 25.3. The van der Waals surface area contributed by atoms with Crippen LogP contribution in [0.2, 0.25) is 0 Å². The highest BCUT2D eigenvalue weighted by Crippen LogP contribution is 2.28. The molecule has 2 aromatic rings. The van der Waals surface area contributed by atoms with Crippen molar-refractivity contribution in [3.05, 3.63) is 41.7 Å². The monoisotopic (exact) mass is 469 g/mol. The van der Waals surface area contributed by atoms with E-state index in [0.29, 0.717) is 24.6 Å². The first kappa shape index (κ1) is 25.3. The van der Waals surface area contributed by atoms with Gasteiger partial charge in [-0.15, -0.1) is 0 Å². The van der Waals surface area contributed by atoms with Crippen molar-refractivity contribution in [3.63, 3.8) is 0 Å². The minimum absolute atomic E-state index is 0.178. The molecule has 1 aliphatic rings. The van der Waals surface area contributed by atoms with Gasteiger partial charge in [0.2, 0.25) is 5.91 Å². The molecule has 184 valence electrons. The van der Waals surface area contributed by atoms with Crippen LogP contribution in [0, 0.1) is 5.41 Å². The molecule has 0 radical (unpaired) electrons. The molecular formula is C25H35N5O4. The molecule has 1 aliphatic heterocycles. The number of likely N-dealkylation sites (N-methyl/N-ethyl adjacent to an activating group) is 1. The molecule has 1 atom stereocenters. The molecule has 34 heavy (non-hydrogen) atoms. The lowest BCUT2D eigenvalue weighted by atomic mass is 9.86. The van der Waals surface area contributed by atoms with Crippen LogP contribution in [0.5, 0.6) is 0 Å². The quantitative estimate of drug-likeness (QED) is 0.715. The van der Waals surface area contributed by atoms with Crippen molar-refractivity contribution in [2.24, 2.45) is 5.41 Å². The zero-order valence-corrected chi connectivity index (χ0v) is 21.1. The molecule has 3 rings (SSSR count). The first-order valence-electron chi connectivity index (χ1n) is 11.5. The van der Waals surface area contributed by atoms with E-state index in [1.807, 2.05) is 76.4 Å². The van der Waals surface area contributed by atoms with E-state index in [0.717, 1.165) is 5.56 Å². The summed E-state index contributed by atoms with van der Waals surface area (Å²) in [6.07, 6.45) is -0.439. The number of amides is 3. The second kappa shape index (κ2) is 9.48. The second-order valence-corrected chi connectivity index (χ2v) is 10.5. The van der Waals surface area contributed by atoms with Crippen molar-refractivity contribution in [3.8, 4) is 11.4 Å². The number of nitrogens with one attached hydrogen (secondary N) is 2. The van der Waals surface area contributed by atoms with Crippen molar-refractivity contribution in [1.29, 1.82) is 0 Å². The Hall–Kier alpha value is -3.36. The third kappa shape index (κ3) is 5.58. The Morgan fingerprint density at radius 3 is 2.24 bits per heavy atom. The number of ether oxygens (including phenoxy) is 1. The first-order valence-corrected chi connectivity index (χ1v) is 11.5. The number of carbonyl (C=O) groups is 3. The molecule has 0 bridgehead atoms. The van der Waals surface area contributed by atoms with Crippen molar-refractivity contribution in [2.45, 2.75) is 66.3 Å². The summed E-state index contributed by atoms with van der Waals surface area (Å²) in [4.78, 5) is 44.9. The number of hydrogen-bond donors (Lipinski definition) is 2. The van der Waals surface area contributed by atoms with Crippen LogP contribution in [0.4, 0.5) is 4.79 Å². The molecule has 0 saturated heterocycles. The first-order chi connectivity index (χ1) is 15.8. The lowest BCUT2D eigenvalue weighted by molar-refractivity contribution is -0.124. The summed E-state index contributed by atoms with van der Waals surface area (Å²) >= 11 is 0. The van der Waals surface area contributed by atoms with E-state index in [1.165, 1.54) is 7.05 Å². The summed E-state index contributed by atoms with van der Waals surface area (Å²) in [6.45, 7) is 12.2. The maximum absolute atomic E-state index is 13.4. The molecule has 9 nitrogen and oxygen atoms in total. The molecule has 0 aliphatic carbocycles. The van der Waals surface area contributed by atoms with Crippen molar-refractivity contribution >= 4 is 17.9 Å². The molecule has 0 spiro atoms. The van der Waals surface area contributed by atoms with Crippen LogP contribution in [0.15, 0.2) is 30.3 Å². The van der Waals surface area contributed by atoms with E-state index >= 15 is 0 Å². The van der Waals surface area contributed by atoms with Crippen molar-refractivity contribution in [2.75, 3.05) is 13.6 Å². The number of benzene rings is 1. The Morgan fingerprint density at radius 1 is 1.03 bits per heavy atom. The van der Waals surface area contributed by atoms with E-state index in [-0.39, 0.29) is 18.1 Å². The fourth-order valence-corrected chi connectivity index (χ4v) is 3.86. The summed E-state index contributed by atoms with van der Waals surface area (Å²) in [7, 11) is 1.54. The lowest BCUT2D eigenvalue weighted by Gasteiger charge is -2.32. The highest BCUT2D eigenvalue weighted by atomic mass is 16.6. The number of rotatable bonds is 4. The van der Waals surface area contributed by atoms with Gasteiger partial charge in [0.15, 0.2) is 5.69 Å². The van der Waals surface area contributed by atoms with Crippen LogP contribution in [0.25, 0.3) is 11.4 Å². The van der Waals surface area contributed by atoms with Gasteiger partial charge in [-0.2, -0.15) is 0 Å². The van der Waals surface area contributed by atoms with Gasteiger partial charge in [-0.05, 0) is 26.2 Å². The average molecular weight is 470 g/mol. The maximum atomic E-state index is 13.4. The van der Waals surface area contributed by atoms with Crippen LogP contribution in [0.3, 0.4) is 0 Å². The molecule has 2 heterocycles. The smallest absolute Gasteiger partial charge is 0.410 e. The van der Waals surface area contributed by atoms with Crippen LogP contribution in [-0.4, -0.2) is 57.6 Å². The minimum atomic E-state index is -0.756. The SMILES string of the molecule is CNC(=O)[C@H](NC(=O)c1nc(-c2ccccc2)n2c1CN(C(=O)OC(C)(C)C)CC2)C(C)(C)C. The Bertz CT molecular complexity index is 1060. The molecule has 0 saturated carbocycles. The third-order valence-corrected chi connectivity index (χ3v) is 5.56. The van der Waals surface area contributed by atoms with Crippen molar-refractivity contribution < 1.29 is 19.1 Å². The molecule has 9 heteroatoms. The van der Waals surface area contributed by atoms with Crippen LogP contribution >= 0.6 is 0 Å². The minimum Gasteiger partial charge on any atom is -0.444 e. The molecule has 1 aromatic heterocycles. The van der Waals surface area contributed by atoms with Gasteiger partial charge < -0.3 is 24.8 Å². The van der Waals surface area contributed by atoms with Gasteiger partial charge in [0.1, 0.15) is 17.5 Å². The van der Waals surface area contributed by atoms with E-state index < -0.39 is 29.1 Å². The summed E-state index contributed by atoms with van der Waals surface area (Å²) in [5.41, 5.74) is 0.535. The Kier molecular flexibility index (Phi) is 7.05.